The fourth-order valence-corrected chi connectivity index (χ4v) is 3.50. The van der Waals surface area contributed by atoms with E-state index in [-0.39, 0.29) is 11.0 Å². The lowest BCUT2D eigenvalue weighted by molar-refractivity contribution is 0.0998. The molecular weight excluding hydrogens is 328 g/mol. The smallest absolute Gasteiger partial charge is 0.192 e. The van der Waals surface area contributed by atoms with Crippen LogP contribution in [0.25, 0.3) is 0 Å². The Balaban J connectivity index is 2.91. The summed E-state index contributed by atoms with van der Waals surface area (Å²) in [5.74, 6) is 0.804. The van der Waals surface area contributed by atoms with E-state index < -0.39 is 14.4 Å². The fourth-order valence-electron chi connectivity index (χ4n) is 2.47. The minimum Gasteiger partial charge on any atom is -0.497 e. The van der Waals surface area contributed by atoms with Gasteiger partial charge in [-0.3, -0.25) is 0 Å². The average Bonchev–Trinajstić information content (AvgIpc) is 2.54. The molecule has 2 atom stereocenters. The quantitative estimate of drug-likeness (QED) is 0.337. The van der Waals surface area contributed by atoms with Gasteiger partial charge in [-0.1, -0.05) is 39.0 Å². The highest BCUT2D eigenvalue weighted by atomic mass is 28.4. The summed E-state index contributed by atoms with van der Waals surface area (Å²) in [7, 11) is -0.190. The van der Waals surface area contributed by atoms with Gasteiger partial charge in [-0.2, -0.15) is 0 Å². The maximum Gasteiger partial charge on any atom is 0.192 e. The van der Waals surface area contributed by atoms with Crippen LogP contribution in [0.15, 0.2) is 36.9 Å². The summed E-state index contributed by atoms with van der Waals surface area (Å²) in [5.41, 5.74) is 1.10. The molecule has 0 saturated heterocycles. The van der Waals surface area contributed by atoms with E-state index in [9.17, 15) is 5.11 Å². The first-order valence-electron chi connectivity index (χ1n) is 9.19. The van der Waals surface area contributed by atoms with Crippen LogP contribution in [0.4, 0.5) is 0 Å². The number of hydrogen-bond donors (Lipinski definition) is 1. The molecule has 0 aromatic heterocycles. The number of unbranched alkanes of at least 4 members (excludes halogenated alkanes) is 1. The van der Waals surface area contributed by atoms with Crippen molar-refractivity contribution in [2.24, 2.45) is 0 Å². The van der Waals surface area contributed by atoms with Crippen molar-refractivity contribution in [1.29, 1.82) is 0 Å². The molecule has 0 aliphatic heterocycles. The third kappa shape index (κ3) is 6.61. The normalized spacial score (nSPS) is 14.8. The first-order valence-corrected chi connectivity index (χ1v) is 12.1. The standard InChI is InChI=1S/C21H36O3Si/c1-8-9-10-11-20(22)19(16-24-25(6,7)21(2,3)4)17-12-14-18(23-5)15-13-17/h8,12-15,19-20,22H,1,9-11,16H2,2-7H3/t19-,20-/m0/s1. The van der Waals surface area contributed by atoms with E-state index in [0.29, 0.717) is 6.61 Å². The summed E-state index contributed by atoms with van der Waals surface area (Å²) in [4.78, 5) is 0. The van der Waals surface area contributed by atoms with E-state index in [1.807, 2.05) is 30.3 Å². The summed E-state index contributed by atoms with van der Waals surface area (Å²) in [6, 6.07) is 7.97. The van der Waals surface area contributed by atoms with Crippen molar-refractivity contribution < 1.29 is 14.3 Å². The summed E-state index contributed by atoms with van der Waals surface area (Å²) in [6.07, 6.45) is 4.11. The number of ether oxygens (including phenoxy) is 1. The Hall–Kier alpha value is -1.10. The van der Waals surface area contributed by atoms with Crippen molar-refractivity contribution in [1.82, 2.24) is 0 Å². The van der Waals surface area contributed by atoms with Crippen LogP contribution < -0.4 is 4.74 Å². The molecule has 1 aromatic carbocycles. The molecule has 0 heterocycles. The molecule has 142 valence electrons. The fraction of sp³-hybridized carbons (Fsp3) is 0.619. The van der Waals surface area contributed by atoms with Crippen molar-refractivity contribution in [2.45, 2.75) is 70.2 Å². The lowest BCUT2D eigenvalue weighted by Gasteiger charge is -2.38. The van der Waals surface area contributed by atoms with Gasteiger partial charge in [0, 0.05) is 12.5 Å². The van der Waals surface area contributed by atoms with E-state index in [4.69, 9.17) is 9.16 Å². The van der Waals surface area contributed by atoms with E-state index in [1.54, 1.807) is 7.11 Å². The molecule has 0 aliphatic rings. The zero-order valence-corrected chi connectivity index (χ0v) is 17.8. The van der Waals surface area contributed by atoms with Gasteiger partial charge >= 0.3 is 0 Å². The average molecular weight is 365 g/mol. The molecule has 0 unspecified atom stereocenters. The summed E-state index contributed by atoms with van der Waals surface area (Å²) in [6.45, 7) is 15.5. The number of rotatable bonds is 10. The number of benzene rings is 1. The van der Waals surface area contributed by atoms with Gasteiger partial charge in [0.25, 0.3) is 0 Å². The number of allylic oxidation sites excluding steroid dienone is 1. The van der Waals surface area contributed by atoms with Crippen LogP contribution in [-0.4, -0.2) is 33.2 Å². The Morgan fingerprint density at radius 3 is 2.28 bits per heavy atom. The lowest BCUT2D eigenvalue weighted by Crippen LogP contribution is -2.42. The Labute approximate surface area is 155 Å². The Morgan fingerprint density at radius 2 is 1.80 bits per heavy atom. The molecule has 1 rings (SSSR count). The van der Waals surface area contributed by atoms with E-state index >= 15 is 0 Å². The van der Waals surface area contributed by atoms with Gasteiger partial charge in [0.05, 0.1) is 13.2 Å². The Kier molecular flexibility index (Phi) is 8.38. The highest BCUT2D eigenvalue weighted by molar-refractivity contribution is 6.74. The number of aliphatic hydroxyl groups is 1. The molecule has 0 fully saturated rings. The number of methoxy groups -OCH3 is 1. The van der Waals surface area contributed by atoms with Crippen molar-refractivity contribution >= 4 is 8.32 Å². The SMILES string of the molecule is C=CCCC[C@H](O)[C@@H](CO[Si](C)(C)C(C)(C)C)c1ccc(OC)cc1. The molecule has 3 nitrogen and oxygen atoms in total. The molecule has 0 aliphatic carbocycles. The van der Waals surface area contributed by atoms with Crippen LogP contribution in [-0.2, 0) is 4.43 Å². The van der Waals surface area contributed by atoms with Gasteiger partial charge in [-0.25, -0.2) is 0 Å². The van der Waals surface area contributed by atoms with Gasteiger partial charge in [0.2, 0.25) is 0 Å². The molecule has 4 heteroatoms. The second-order valence-corrected chi connectivity index (χ2v) is 13.0. The minimum absolute atomic E-state index is 0.0233. The predicted octanol–water partition coefficient (Wildman–Crippen LogP) is 5.52. The van der Waals surface area contributed by atoms with Gasteiger partial charge in [-0.15, -0.1) is 6.58 Å². The minimum atomic E-state index is -1.85. The molecule has 1 aromatic rings. The van der Waals surface area contributed by atoms with Crippen molar-refractivity contribution in [3.8, 4) is 5.75 Å². The zero-order valence-electron chi connectivity index (χ0n) is 16.8. The third-order valence-corrected chi connectivity index (χ3v) is 9.85. The first kappa shape index (κ1) is 21.9. The monoisotopic (exact) mass is 364 g/mol. The predicted molar refractivity (Wildman–Crippen MR) is 109 cm³/mol. The zero-order chi connectivity index (χ0) is 19.1. The number of hydrogen-bond acceptors (Lipinski definition) is 3. The van der Waals surface area contributed by atoms with Gasteiger partial charge in [0.15, 0.2) is 8.32 Å². The summed E-state index contributed by atoms with van der Waals surface area (Å²) < 4.78 is 11.7. The molecule has 1 N–H and O–H groups in total. The molecule has 0 radical (unpaired) electrons. The second kappa shape index (κ2) is 9.55. The second-order valence-electron chi connectivity index (χ2n) is 8.24. The molecule has 0 saturated carbocycles. The highest BCUT2D eigenvalue weighted by Crippen LogP contribution is 2.38. The number of aliphatic hydroxyl groups excluding tert-OH is 1. The lowest BCUT2D eigenvalue weighted by atomic mass is 9.91. The van der Waals surface area contributed by atoms with Crippen LogP contribution in [0.2, 0.25) is 18.1 Å². The molecular formula is C21H36O3Si. The van der Waals surface area contributed by atoms with Crippen molar-refractivity contribution in [2.75, 3.05) is 13.7 Å². The molecule has 0 spiro atoms. The first-order chi connectivity index (χ1) is 11.6. The molecule has 0 bridgehead atoms. The Bertz CT molecular complexity index is 517. The topological polar surface area (TPSA) is 38.7 Å². The summed E-state index contributed by atoms with van der Waals surface area (Å²) in [5, 5.41) is 10.9. The van der Waals surface area contributed by atoms with Crippen LogP contribution in [0, 0.1) is 0 Å². The Morgan fingerprint density at radius 1 is 1.20 bits per heavy atom. The van der Waals surface area contributed by atoms with Crippen LogP contribution in [0.1, 0.15) is 51.5 Å². The van der Waals surface area contributed by atoms with E-state index in [0.717, 1.165) is 30.6 Å². The van der Waals surface area contributed by atoms with Gasteiger partial charge < -0.3 is 14.3 Å². The maximum absolute atomic E-state index is 10.8. The van der Waals surface area contributed by atoms with Crippen molar-refractivity contribution in [3.05, 3.63) is 42.5 Å². The van der Waals surface area contributed by atoms with E-state index in [2.05, 4.69) is 40.4 Å². The molecule has 0 amide bonds. The molecule has 25 heavy (non-hydrogen) atoms. The van der Waals surface area contributed by atoms with Gasteiger partial charge in [-0.05, 0) is 55.1 Å². The van der Waals surface area contributed by atoms with Crippen LogP contribution >= 0.6 is 0 Å². The van der Waals surface area contributed by atoms with Crippen molar-refractivity contribution in [3.63, 3.8) is 0 Å². The summed E-state index contributed by atoms with van der Waals surface area (Å²) >= 11 is 0. The van der Waals surface area contributed by atoms with E-state index in [1.165, 1.54) is 0 Å². The van der Waals surface area contributed by atoms with Crippen LogP contribution in [0.3, 0.4) is 0 Å². The third-order valence-electron chi connectivity index (χ3n) is 5.35. The maximum atomic E-state index is 10.8. The largest absolute Gasteiger partial charge is 0.497 e. The van der Waals surface area contributed by atoms with Gasteiger partial charge in [0.1, 0.15) is 5.75 Å². The van der Waals surface area contributed by atoms with Crippen LogP contribution in [0.5, 0.6) is 5.75 Å². The highest BCUT2D eigenvalue weighted by Gasteiger charge is 2.38.